The number of halogens is 2. The first-order valence-corrected chi connectivity index (χ1v) is 8.10. The van der Waals surface area contributed by atoms with Crippen LogP contribution in [0, 0.1) is 0 Å². The molecule has 0 aliphatic rings. The van der Waals surface area contributed by atoms with Gasteiger partial charge in [-0.2, -0.15) is 0 Å². The molecule has 0 radical (unpaired) electrons. The molecule has 0 atom stereocenters. The van der Waals surface area contributed by atoms with Gasteiger partial charge in [-0.25, -0.2) is 0 Å². The van der Waals surface area contributed by atoms with Gasteiger partial charge in [-0.15, -0.1) is 0 Å². The molecule has 0 spiro atoms. The van der Waals surface area contributed by atoms with Gasteiger partial charge in [0.05, 0.1) is 6.54 Å². The highest BCUT2D eigenvalue weighted by molar-refractivity contribution is 6.35. The van der Waals surface area contributed by atoms with Crippen molar-refractivity contribution in [3.63, 3.8) is 0 Å². The monoisotopic (exact) mass is 344 g/mol. The van der Waals surface area contributed by atoms with Crippen LogP contribution in [-0.4, -0.2) is 35.8 Å². The zero-order valence-electron chi connectivity index (χ0n) is 13.2. The molecule has 0 aliphatic carbocycles. The molecule has 1 aromatic rings. The van der Waals surface area contributed by atoms with Crippen LogP contribution in [0.2, 0.25) is 10.0 Å². The van der Waals surface area contributed by atoms with Crippen molar-refractivity contribution in [2.45, 2.75) is 39.7 Å². The molecular weight excluding hydrogens is 323 g/mol. The van der Waals surface area contributed by atoms with Crippen LogP contribution in [0.3, 0.4) is 0 Å². The van der Waals surface area contributed by atoms with Crippen molar-refractivity contribution in [3.8, 4) is 0 Å². The van der Waals surface area contributed by atoms with Gasteiger partial charge in [-0.3, -0.25) is 9.59 Å². The van der Waals surface area contributed by atoms with Crippen LogP contribution in [0.1, 0.15) is 32.8 Å². The molecule has 122 valence electrons. The summed E-state index contributed by atoms with van der Waals surface area (Å²) < 4.78 is 0. The van der Waals surface area contributed by atoms with E-state index in [1.54, 1.807) is 17.0 Å². The molecule has 4 nitrogen and oxygen atoms in total. The number of nitrogens with one attached hydrogen (secondary N) is 1. The number of nitrogens with zero attached hydrogens (tertiary/aromatic N) is 1. The largest absolute Gasteiger partial charge is 0.352 e. The predicted molar refractivity (Wildman–Crippen MR) is 90.3 cm³/mol. The Kier molecular flexibility index (Phi) is 7.69. The maximum atomic E-state index is 12.2. The molecule has 0 heterocycles. The van der Waals surface area contributed by atoms with Crippen LogP contribution in [0.5, 0.6) is 0 Å². The molecule has 6 heteroatoms. The Morgan fingerprint density at radius 2 is 1.95 bits per heavy atom. The summed E-state index contributed by atoms with van der Waals surface area (Å²) in [5, 5.41) is 3.91. The number of rotatable bonds is 7. The van der Waals surface area contributed by atoms with E-state index in [1.165, 1.54) is 0 Å². The van der Waals surface area contributed by atoms with Crippen molar-refractivity contribution in [3.05, 3.63) is 33.8 Å². The van der Waals surface area contributed by atoms with E-state index in [1.807, 2.05) is 26.8 Å². The Morgan fingerprint density at radius 1 is 1.27 bits per heavy atom. The Bertz CT molecular complexity index is 533. The van der Waals surface area contributed by atoms with Crippen LogP contribution in [-0.2, 0) is 16.0 Å². The number of amides is 2. The standard InChI is InChI=1S/C16H22Cl2N2O2/c1-4-20(10-15(21)19-11(2)3)16(22)8-6-12-5-7-13(17)9-14(12)18/h5,7,9,11H,4,6,8,10H2,1-3H3,(H,19,21). The third-order valence-corrected chi connectivity index (χ3v) is 3.73. The summed E-state index contributed by atoms with van der Waals surface area (Å²) >= 11 is 11.9. The second-order valence-electron chi connectivity index (χ2n) is 5.37. The van der Waals surface area contributed by atoms with Crippen LogP contribution >= 0.6 is 23.2 Å². The minimum atomic E-state index is -0.144. The second-order valence-corrected chi connectivity index (χ2v) is 6.21. The summed E-state index contributed by atoms with van der Waals surface area (Å²) in [7, 11) is 0. The van der Waals surface area contributed by atoms with Crippen molar-refractivity contribution in [1.82, 2.24) is 10.2 Å². The fourth-order valence-electron chi connectivity index (χ4n) is 2.04. The summed E-state index contributed by atoms with van der Waals surface area (Å²) in [4.78, 5) is 25.5. The topological polar surface area (TPSA) is 49.4 Å². The predicted octanol–water partition coefficient (Wildman–Crippen LogP) is 3.30. The maximum Gasteiger partial charge on any atom is 0.239 e. The quantitative estimate of drug-likeness (QED) is 0.824. The van der Waals surface area contributed by atoms with E-state index in [2.05, 4.69) is 5.32 Å². The highest BCUT2D eigenvalue weighted by Gasteiger charge is 2.16. The van der Waals surface area contributed by atoms with Gasteiger partial charge in [-0.05, 0) is 44.9 Å². The normalized spacial score (nSPS) is 10.6. The van der Waals surface area contributed by atoms with Gasteiger partial charge in [-0.1, -0.05) is 29.3 Å². The molecule has 0 fully saturated rings. The average molecular weight is 345 g/mol. The Morgan fingerprint density at radius 3 is 2.50 bits per heavy atom. The third-order valence-electron chi connectivity index (χ3n) is 3.14. The number of benzene rings is 1. The smallest absolute Gasteiger partial charge is 0.239 e. The molecular formula is C16H22Cl2N2O2. The van der Waals surface area contributed by atoms with Gasteiger partial charge in [0.2, 0.25) is 11.8 Å². The van der Waals surface area contributed by atoms with Crippen molar-refractivity contribution in [2.75, 3.05) is 13.1 Å². The summed E-state index contributed by atoms with van der Waals surface area (Å²) in [5.41, 5.74) is 0.877. The van der Waals surface area contributed by atoms with Crippen molar-refractivity contribution >= 4 is 35.0 Å². The number of carbonyl (C=O) groups is 2. The Hall–Kier alpha value is -1.26. The van der Waals surface area contributed by atoms with E-state index >= 15 is 0 Å². The number of aryl methyl sites for hydroxylation is 1. The Labute approximate surface area is 141 Å². The fraction of sp³-hybridized carbons (Fsp3) is 0.500. The molecule has 0 aromatic heterocycles. The number of carbonyl (C=O) groups excluding carboxylic acids is 2. The van der Waals surface area contributed by atoms with Gasteiger partial charge in [0.1, 0.15) is 0 Å². The molecule has 0 saturated heterocycles. The fourth-order valence-corrected chi connectivity index (χ4v) is 2.54. The minimum absolute atomic E-state index is 0.0626. The van der Waals surface area contributed by atoms with Gasteiger partial charge >= 0.3 is 0 Å². The molecule has 0 saturated carbocycles. The average Bonchev–Trinajstić information content (AvgIpc) is 2.42. The number of hydrogen-bond acceptors (Lipinski definition) is 2. The van der Waals surface area contributed by atoms with E-state index in [-0.39, 0.29) is 24.4 Å². The Balaban J connectivity index is 2.56. The summed E-state index contributed by atoms with van der Waals surface area (Å²) in [6.07, 6.45) is 0.835. The minimum Gasteiger partial charge on any atom is -0.352 e. The first kappa shape index (κ1) is 18.8. The van der Waals surface area contributed by atoms with E-state index in [4.69, 9.17) is 23.2 Å². The molecule has 0 bridgehead atoms. The SMILES string of the molecule is CCN(CC(=O)NC(C)C)C(=O)CCc1ccc(Cl)cc1Cl. The number of hydrogen-bond donors (Lipinski definition) is 1. The van der Waals surface area contributed by atoms with E-state index in [0.29, 0.717) is 29.4 Å². The van der Waals surface area contributed by atoms with Crippen LogP contribution in [0.25, 0.3) is 0 Å². The number of likely N-dealkylation sites (N-methyl/N-ethyl adjacent to an activating group) is 1. The maximum absolute atomic E-state index is 12.2. The lowest BCUT2D eigenvalue weighted by atomic mass is 10.1. The molecule has 1 rings (SSSR count). The van der Waals surface area contributed by atoms with Gasteiger partial charge in [0.25, 0.3) is 0 Å². The van der Waals surface area contributed by atoms with E-state index < -0.39 is 0 Å². The van der Waals surface area contributed by atoms with Crippen LogP contribution in [0.15, 0.2) is 18.2 Å². The molecule has 1 N–H and O–H groups in total. The zero-order valence-corrected chi connectivity index (χ0v) is 14.7. The van der Waals surface area contributed by atoms with Crippen LogP contribution in [0.4, 0.5) is 0 Å². The lowest BCUT2D eigenvalue weighted by Crippen LogP contribution is -2.42. The summed E-state index contributed by atoms with van der Waals surface area (Å²) in [6.45, 7) is 6.22. The summed E-state index contributed by atoms with van der Waals surface area (Å²) in [5.74, 6) is -0.206. The van der Waals surface area contributed by atoms with Gasteiger partial charge < -0.3 is 10.2 Å². The highest BCUT2D eigenvalue weighted by Crippen LogP contribution is 2.22. The molecule has 22 heavy (non-hydrogen) atoms. The van der Waals surface area contributed by atoms with Crippen molar-refractivity contribution in [1.29, 1.82) is 0 Å². The molecule has 2 amide bonds. The highest BCUT2D eigenvalue weighted by atomic mass is 35.5. The van der Waals surface area contributed by atoms with Gasteiger partial charge in [0.15, 0.2) is 0 Å². The van der Waals surface area contributed by atoms with E-state index in [0.717, 1.165) is 5.56 Å². The van der Waals surface area contributed by atoms with Crippen molar-refractivity contribution in [2.24, 2.45) is 0 Å². The van der Waals surface area contributed by atoms with Gasteiger partial charge in [0, 0.05) is 29.1 Å². The zero-order chi connectivity index (χ0) is 16.7. The lowest BCUT2D eigenvalue weighted by molar-refractivity contribution is -0.136. The third kappa shape index (κ3) is 6.24. The molecule has 1 aromatic carbocycles. The van der Waals surface area contributed by atoms with Crippen LogP contribution < -0.4 is 5.32 Å². The lowest BCUT2D eigenvalue weighted by Gasteiger charge is -2.21. The van der Waals surface area contributed by atoms with Crippen molar-refractivity contribution < 1.29 is 9.59 Å². The molecule has 0 aliphatic heterocycles. The first-order chi connectivity index (χ1) is 10.3. The van der Waals surface area contributed by atoms with E-state index in [9.17, 15) is 9.59 Å². The molecule has 0 unspecified atom stereocenters. The summed E-state index contributed by atoms with van der Waals surface area (Å²) in [6, 6.07) is 5.30. The second kappa shape index (κ2) is 9.01. The first-order valence-electron chi connectivity index (χ1n) is 7.34.